The lowest BCUT2D eigenvalue weighted by molar-refractivity contribution is -0.172. The summed E-state index contributed by atoms with van der Waals surface area (Å²) in [5, 5.41) is 0. The average molecular weight is 129 g/mol. The highest BCUT2D eigenvalue weighted by Crippen LogP contribution is 2.24. The fourth-order valence-corrected chi connectivity index (χ4v) is 0.722. The average Bonchev–Trinajstić information content (AvgIpc) is 1.62. The standard InChI is InChI=1S/C6H11NO2/c1-5(7)6(8-2)3-9-4-6/h1,3-4,7H2,2H3. The minimum absolute atomic E-state index is 0.375. The Bertz CT molecular complexity index is 124. The van der Waals surface area contributed by atoms with Crippen LogP contribution in [0.2, 0.25) is 0 Å². The van der Waals surface area contributed by atoms with Gasteiger partial charge in [0.1, 0.15) is 0 Å². The predicted octanol–water partition coefficient (Wildman–Crippen LogP) is -0.126. The van der Waals surface area contributed by atoms with E-state index < -0.39 is 0 Å². The summed E-state index contributed by atoms with van der Waals surface area (Å²) in [5.41, 5.74) is 5.62. The molecule has 0 aromatic rings. The molecule has 0 aliphatic carbocycles. The first-order chi connectivity index (χ1) is 4.21. The van der Waals surface area contributed by atoms with Crippen molar-refractivity contribution in [2.24, 2.45) is 5.73 Å². The summed E-state index contributed by atoms with van der Waals surface area (Å²) in [6.07, 6.45) is 0. The Hall–Kier alpha value is -0.540. The molecular weight excluding hydrogens is 118 g/mol. The van der Waals surface area contributed by atoms with Gasteiger partial charge in [-0.1, -0.05) is 6.58 Å². The Labute approximate surface area is 54.4 Å². The fourth-order valence-electron chi connectivity index (χ4n) is 0.722. The van der Waals surface area contributed by atoms with Crippen molar-refractivity contribution in [1.29, 1.82) is 0 Å². The van der Waals surface area contributed by atoms with Gasteiger partial charge in [0.25, 0.3) is 0 Å². The van der Waals surface area contributed by atoms with Crippen molar-refractivity contribution >= 4 is 0 Å². The van der Waals surface area contributed by atoms with Crippen LogP contribution in [0.5, 0.6) is 0 Å². The van der Waals surface area contributed by atoms with E-state index in [9.17, 15) is 0 Å². The predicted molar refractivity (Wildman–Crippen MR) is 33.9 cm³/mol. The highest BCUT2D eigenvalue weighted by molar-refractivity contribution is 5.13. The van der Waals surface area contributed by atoms with Crippen LogP contribution in [0, 0.1) is 0 Å². The van der Waals surface area contributed by atoms with E-state index in [4.69, 9.17) is 15.2 Å². The third-order valence-corrected chi connectivity index (χ3v) is 1.65. The highest BCUT2D eigenvalue weighted by atomic mass is 16.6. The summed E-state index contributed by atoms with van der Waals surface area (Å²) in [4.78, 5) is 0. The van der Waals surface area contributed by atoms with Crippen LogP contribution in [0.3, 0.4) is 0 Å². The van der Waals surface area contributed by atoms with Crippen LogP contribution in [0.15, 0.2) is 12.3 Å². The molecule has 0 saturated carbocycles. The topological polar surface area (TPSA) is 44.5 Å². The molecule has 0 bridgehead atoms. The number of rotatable bonds is 2. The maximum atomic E-state index is 5.44. The minimum Gasteiger partial charge on any atom is -0.400 e. The normalized spacial score (nSPS) is 22.8. The molecule has 0 amide bonds. The summed E-state index contributed by atoms with van der Waals surface area (Å²) in [7, 11) is 1.61. The molecule has 3 nitrogen and oxygen atoms in total. The van der Waals surface area contributed by atoms with Gasteiger partial charge in [-0.2, -0.15) is 0 Å². The largest absolute Gasteiger partial charge is 0.400 e. The van der Waals surface area contributed by atoms with Crippen LogP contribution in [0.1, 0.15) is 0 Å². The van der Waals surface area contributed by atoms with E-state index >= 15 is 0 Å². The first-order valence-electron chi connectivity index (χ1n) is 2.79. The lowest BCUT2D eigenvalue weighted by Crippen LogP contribution is -2.54. The van der Waals surface area contributed by atoms with Crippen LogP contribution in [-0.2, 0) is 9.47 Å². The maximum absolute atomic E-state index is 5.44. The van der Waals surface area contributed by atoms with Gasteiger partial charge in [0.15, 0.2) is 5.60 Å². The molecule has 1 saturated heterocycles. The second kappa shape index (κ2) is 2.01. The fraction of sp³-hybridized carbons (Fsp3) is 0.667. The van der Waals surface area contributed by atoms with Crippen molar-refractivity contribution in [3.8, 4) is 0 Å². The molecule has 1 heterocycles. The molecule has 1 aliphatic rings. The first-order valence-corrected chi connectivity index (χ1v) is 2.79. The number of methoxy groups -OCH3 is 1. The molecule has 1 fully saturated rings. The first kappa shape index (κ1) is 6.58. The summed E-state index contributed by atoms with van der Waals surface area (Å²) in [6, 6.07) is 0. The molecule has 3 heteroatoms. The second-order valence-electron chi connectivity index (χ2n) is 2.22. The van der Waals surface area contributed by atoms with Crippen molar-refractivity contribution in [2.75, 3.05) is 20.3 Å². The molecule has 2 N–H and O–H groups in total. The van der Waals surface area contributed by atoms with Gasteiger partial charge >= 0.3 is 0 Å². The number of hydrogen-bond donors (Lipinski definition) is 1. The molecule has 1 rings (SSSR count). The Morgan fingerprint density at radius 2 is 2.33 bits per heavy atom. The zero-order valence-corrected chi connectivity index (χ0v) is 5.52. The third-order valence-electron chi connectivity index (χ3n) is 1.65. The molecule has 0 spiro atoms. The summed E-state index contributed by atoms with van der Waals surface area (Å²) in [6.45, 7) is 4.67. The van der Waals surface area contributed by atoms with E-state index in [0.717, 1.165) is 0 Å². The third kappa shape index (κ3) is 0.821. The van der Waals surface area contributed by atoms with Crippen molar-refractivity contribution in [3.05, 3.63) is 12.3 Å². The SMILES string of the molecule is C=C(N)C1(OC)COC1. The van der Waals surface area contributed by atoms with Gasteiger partial charge in [-0.3, -0.25) is 0 Å². The summed E-state index contributed by atoms with van der Waals surface area (Å²) in [5.74, 6) is 0. The zero-order chi connectivity index (χ0) is 6.91. The molecule has 0 atom stereocenters. The monoisotopic (exact) mass is 129 g/mol. The van der Waals surface area contributed by atoms with Gasteiger partial charge in [0.2, 0.25) is 0 Å². The van der Waals surface area contributed by atoms with Crippen LogP contribution in [0.4, 0.5) is 0 Å². The molecule has 9 heavy (non-hydrogen) atoms. The lowest BCUT2D eigenvalue weighted by Gasteiger charge is -2.39. The van der Waals surface area contributed by atoms with Crippen molar-refractivity contribution < 1.29 is 9.47 Å². The number of hydrogen-bond acceptors (Lipinski definition) is 3. The van der Waals surface area contributed by atoms with Crippen LogP contribution in [-0.4, -0.2) is 25.9 Å². The quantitative estimate of drug-likeness (QED) is 0.565. The van der Waals surface area contributed by atoms with E-state index in [-0.39, 0.29) is 5.60 Å². The second-order valence-corrected chi connectivity index (χ2v) is 2.22. The summed E-state index contributed by atoms with van der Waals surface area (Å²) >= 11 is 0. The van der Waals surface area contributed by atoms with E-state index in [1.165, 1.54) is 0 Å². The van der Waals surface area contributed by atoms with Gasteiger partial charge in [-0.05, 0) is 0 Å². The number of ether oxygens (including phenoxy) is 2. The van der Waals surface area contributed by atoms with Crippen LogP contribution >= 0.6 is 0 Å². The van der Waals surface area contributed by atoms with Crippen molar-refractivity contribution in [1.82, 2.24) is 0 Å². The number of nitrogens with two attached hydrogens (primary N) is 1. The molecule has 0 radical (unpaired) electrons. The molecule has 0 aromatic heterocycles. The van der Waals surface area contributed by atoms with Crippen molar-refractivity contribution in [3.63, 3.8) is 0 Å². The lowest BCUT2D eigenvalue weighted by atomic mass is 9.99. The van der Waals surface area contributed by atoms with E-state index in [1.54, 1.807) is 7.11 Å². The van der Waals surface area contributed by atoms with Crippen LogP contribution < -0.4 is 5.73 Å². The Balaban J connectivity index is 2.57. The Kier molecular flexibility index (Phi) is 1.47. The summed E-state index contributed by atoms with van der Waals surface area (Å²) < 4.78 is 10.0. The zero-order valence-electron chi connectivity index (χ0n) is 5.52. The van der Waals surface area contributed by atoms with Gasteiger partial charge in [0.05, 0.1) is 13.2 Å². The molecular formula is C6H11NO2. The van der Waals surface area contributed by atoms with Crippen LogP contribution in [0.25, 0.3) is 0 Å². The van der Waals surface area contributed by atoms with E-state index in [2.05, 4.69) is 6.58 Å². The van der Waals surface area contributed by atoms with Gasteiger partial charge < -0.3 is 15.2 Å². The molecule has 0 aromatic carbocycles. The molecule has 52 valence electrons. The smallest absolute Gasteiger partial charge is 0.152 e. The maximum Gasteiger partial charge on any atom is 0.152 e. The minimum atomic E-state index is -0.375. The molecule has 1 aliphatic heterocycles. The highest BCUT2D eigenvalue weighted by Gasteiger charge is 2.40. The van der Waals surface area contributed by atoms with E-state index in [1.807, 2.05) is 0 Å². The Morgan fingerprint density at radius 1 is 1.78 bits per heavy atom. The van der Waals surface area contributed by atoms with Gasteiger partial charge in [0, 0.05) is 12.8 Å². The van der Waals surface area contributed by atoms with Crippen molar-refractivity contribution in [2.45, 2.75) is 5.60 Å². The molecule has 0 unspecified atom stereocenters. The Morgan fingerprint density at radius 3 is 2.33 bits per heavy atom. The van der Waals surface area contributed by atoms with Gasteiger partial charge in [-0.15, -0.1) is 0 Å². The van der Waals surface area contributed by atoms with E-state index in [0.29, 0.717) is 18.9 Å². The van der Waals surface area contributed by atoms with Gasteiger partial charge in [-0.25, -0.2) is 0 Å².